The van der Waals surface area contributed by atoms with Gasteiger partial charge in [0.25, 0.3) is 0 Å². The highest BCUT2D eigenvalue weighted by Crippen LogP contribution is 2.25. The summed E-state index contributed by atoms with van der Waals surface area (Å²) in [6, 6.07) is 19.1. The van der Waals surface area contributed by atoms with E-state index in [1.807, 2.05) is 10.7 Å². The van der Waals surface area contributed by atoms with E-state index in [9.17, 15) is 0 Å². The molecular formula is C21H23N3S. The third-order valence-electron chi connectivity index (χ3n) is 4.05. The summed E-state index contributed by atoms with van der Waals surface area (Å²) in [5, 5.41) is 6.90. The molecule has 0 bridgehead atoms. The molecule has 0 saturated carbocycles. The summed E-state index contributed by atoms with van der Waals surface area (Å²) in [5.74, 6) is 0. The Labute approximate surface area is 153 Å². The second-order valence-corrected chi connectivity index (χ2v) is 6.66. The fraction of sp³-hybridized carbons (Fsp3) is 0.238. The van der Waals surface area contributed by atoms with Crippen molar-refractivity contribution >= 4 is 17.0 Å². The van der Waals surface area contributed by atoms with Crippen LogP contribution in [0.1, 0.15) is 27.2 Å². The van der Waals surface area contributed by atoms with Gasteiger partial charge < -0.3 is 0 Å². The smallest absolute Gasteiger partial charge is 0.206 e. The maximum Gasteiger partial charge on any atom is 0.206 e. The van der Waals surface area contributed by atoms with E-state index in [-0.39, 0.29) is 0 Å². The zero-order valence-electron chi connectivity index (χ0n) is 14.9. The van der Waals surface area contributed by atoms with Crippen LogP contribution in [0.5, 0.6) is 0 Å². The number of thiazole rings is 1. The minimum absolute atomic E-state index is 0.758. The van der Waals surface area contributed by atoms with Crippen LogP contribution < -0.4 is 4.80 Å². The van der Waals surface area contributed by atoms with Crippen LogP contribution in [-0.2, 0) is 0 Å². The molecule has 3 nitrogen and oxygen atoms in total. The van der Waals surface area contributed by atoms with Gasteiger partial charge in [-0.15, -0.1) is 11.3 Å². The van der Waals surface area contributed by atoms with Crippen LogP contribution in [0, 0.1) is 0 Å². The maximum absolute atomic E-state index is 4.76. The molecule has 0 aliphatic rings. The topological polar surface area (TPSA) is 29.6 Å². The molecule has 4 heteroatoms. The van der Waals surface area contributed by atoms with Gasteiger partial charge >= 0.3 is 0 Å². The zero-order valence-corrected chi connectivity index (χ0v) is 15.8. The van der Waals surface area contributed by atoms with Crippen LogP contribution in [0.4, 0.5) is 0 Å². The van der Waals surface area contributed by atoms with E-state index < -0.39 is 0 Å². The number of rotatable bonds is 5. The van der Waals surface area contributed by atoms with Gasteiger partial charge in [0.1, 0.15) is 0 Å². The summed E-state index contributed by atoms with van der Waals surface area (Å²) in [6.07, 6.45) is 0.931. The lowest BCUT2D eigenvalue weighted by Crippen LogP contribution is -2.13. The molecule has 0 atom stereocenters. The lowest BCUT2D eigenvalue weighted by atomic mass is 10.0. The van der Waals surface area contributed by atoms with E-state index in [4.69, 9.17) is 5.10 Å². The van der Waals surface area contributed by atoms with Crippen molar-refractivity contribution in [2.75, 3.05) is 6.54 Å². The Balaban J connectivity index is 2.03. The predicted molar refractivity (Wildman–Crippen MR) is 108 cm³/mol. The zero-order chi connectivity index (χ0) is 17.6. The summed E-state index contributed by atoms with van der Waals surface area (Å²) >= 11 is 1.64. The molecule has 2 aromatic carbocycles. The third-order valence-corrected chi connectivity index (χ3v) is 4.90. The summed E-state index contributed by atoms with van der Waals surface area (Å²) in [6.45, 7) is 6.99. The summed E-state index contributed by atoms with van der Waals surface area (Å²) in [5.41, 5.74) is 5.79. The monoisotopic (exact) mass is 349 g/mol. The Morgan fingerprint density at radius 3 is 2.20 bits per heavy atom. The van der Waals surface area contributed by atoms with E-state index >= 15 is 0 Å². The van der Waals surface area contributed by atoms with Crippen molar-refractivity contribution < 1.29 is 0 Å². The molecule has 1 heterocycles. The standard InChI is InChI=1S/C21H23N3S/c1-4-16(3)23-24-20(15-25-21(24)22-5-2)19-13-11-18(12-14-19)17-9-7-6-8-10-17/h6-15H,4-5H2,1-3H3. The second-order valence-electron chi connectivity index (χ2n) is 5.82. The van der Waals surface area contributed by atoms with Gasteiger partial charge in [0.05, 0.1) is 5.69 Å². The molecule has 1 aromatic heterocycles. The molecule has 3 rings (SSSR count). The molecule has 25 heavy (non-hydrogen) atoms. The number of nitrogens with zero attached hydrogens (tertiary/aromatic N) is 3. The Morgan fingerprint density at radius 2 is 1.56 bits per heavy atom. The van der Waals surface area contributed by atoms with Crippen molar-refractivity contribution in [1.29, 1.82) is 0 Å². The Kier molecular flexibility index (Phi) is 5.61. The summed E-state index contributed by atoms with van der Waals surface area (Å²) in [4.78, 5) is 5.52. The van der Waals surface area contributed by atoms with Crippen molar-refractivity contribution in [1.82, 2.24) is 4.68 Å². The van der Waals surface area contributed by atoms with Gasteiger partial charge in [0.2, 0.25) is 4.80 Å². The molecule has 0 N–H and O–H groups in total. The Morgan fingerprint density at radius 1 is 0.920 bits per heavy atom. The van der Waals surface area contributed by atoms with Crippen molar-refractivity contribution in [2.24, 2.45) is 10.1 Å². The van der Waals surface area contributed by atoms with Gasteiger partial charge in [-0.1, -0.05) is 61.5 Å². The molecule has 0 amide bonds. The van der Waals surface area contributed by atoms with Gasteiger partial charge in [0, 0.05) is 23.2 Å². The van der Waals surface area contributed by atoms with Crippen LogP contribution in [-0.4, -0.2) is 16.9 Å². The molecule has 0 fully saturated rings. The number of aromatic nitrogens is 1. The van der Waals surface area contributed by atoms with Crippen molar-refractivity contribution in [2.45, 2.75) is 27.2 Å². The second kappa shape index (κ2) is 8.08. The minimum atomic E-state index is 0.758. The van der Waals surface area contributed by atoms with Gasteiger partial charge in [-0.25, -0.2) is 4.68 Å². The van der Waals surface area contributed by atoms with E-state index in [1.165, 1.54) is 11.1 Å². The molecule has 0 aliphatic carbocycles. The largest absolute Gasteiger partial charge is 0.258 e. The highest BCUT2D eigenvalue weighted by Gasteiger charge is 2.08. The molecule has 3 aromatic rings. The average Bonchev–Trinajstić information content (AvgIpc) is 3.05. The molecule has 128 valence electrons. The molecule has 0 saturated heterocycles. The first kappa shape index (κ1) is 17.4. The normalized spacial score (nSPS) is 12.6. The van der Waals surface area contributed by atoms with E-state index in [0.29, 0.717) is 0 Å². The van der Waals surface area contributed by atoms with Crippen LogP contribution in [0.15, 0.2) is 70.1 Å². The summed E-state index contributed by atoms with van der Waals surface area (Å²) in [7, 11) is 0. The first-order chi connectivity index (χ1) is 12.2. The van der Waals surface area contributed by atoms with Gasteiger partial charge in [0.15, 0.2) is 0 Å². The Bertz CT molecular complexity index is 916. The fourth-order valence-electron chi connectivity index (χ4n) is 2.54. The van der Waals surface area contributed by atoms with E-state index in [2.05, 4.69) is 79.7 Å². The molecule has 0 radical (unpaired) electrons. The van der Waals surface area contributed by atoms with Crippen molar-refractivity contribution in [3.05, 3.63) is 64.8 Å². The van der Waals surface area contributed by atoms with Crippen LogP contribution in [0.3, 0.4) is 0 Å². The lowest BCUT2D eigenvalue weighted by Gasteiger charge is -2.07. The molecular weight excluding hydrogens is 326 g/mol. The Hall–Kier alpha value is -2.46. The fourth-order valence-corrected chi connectivity index (χ4v) is 3.44. The minimum Gasteiger partial charge on any atom is -0.258 e. The number of hydrogen-bond acceptors (Lipinski definition) is 3. The van der Waals surface area contributed by atoms with E-state index in [1.54, 1.807) is 11.3 Å². The molecule has 0 spiro atoms. The van der Waals surface area contributed by atoms with Gasteiger partial charge in [-0.05, 0) is 31.4 Å². The van der Waals surface area contributed by atoms with Crippen LogP contribution >= 0.6 is 11.3 Å². The quantitative estimate of drug-likeness (QED) is 0.549. The number of hydrogen-bond donors (Lipinski definition) is 0. The lowest BCUT2D eigenvalue weighted by molar-refractivity contribution is 0.822. The highest BCUT2D eigenvalue weighted by molar-refractivity contribution is 7.07. The van der Waals surface area contributed by atoms with Crippen LogP contribution in [0.25, 0.3) is 22.4 Å². The number of benzene rings is 2. The van der Waals surface area contributed by atoms with Crippen LogP contribution in [0.2, 0.25) is 0 Å². The molecule has 0 unspecified atom stereocenters. The van der Waals surface area contributed by atoms with E-state index in [0.717, 1.165) is 34.7 Å². The average molecular weight is 350 g/mol. The summed E-state index contributed by atoms with van der Waals surface area (Å²) < 4.78 is 1.98. The van der Waals surface area contributed by atoms with Crippen molar-refractivity contribution in [3.63, 3.8) is 0 Å². The molecule has 0 aliphatic heterocycles. The van der Waals surface area contributed by atoms with Gasteiger partial charge in [-0.3, -0.25) is 4.99 Å². The highest BCUT2D eigenvalue weighted by atomic mass is 32.1. The first-order valence-electron chi connectivity index (χ1n) is 8.64. The first-order valence-corrected chi connectivity index (χ1v) is 9.52. The predicted octanol–water partition coefficient (Wildman–Crippen LogP) is 5.44. The maximum atomic E-state index is 4.76. The third kappa shape index (κ3) is 3.97. The van der Waals surface area contributed by atoms with Crippen molar-refractivity contribution in [3.8, 4) is 22.4 Å². The van der Waals surface area contributed by atoms with Gasteiger partial charge in [-0.2, -0.15) is 5.10 Å². The SMILES string of the molecule is CCN=c1scc(-c2ccc(-c3ccccc3)cc2)n1N=C(C)CC.